The number of nitrogens with zero attached hydrogens (tertiary/aromatic N) is 6. The lowest BCUT2D eigenvalue weighted by molar-refractivity contribution is -0.394. The fraction of sp³-hybridized carbons (Fsp3) is 0.417. The van der Waals surface area contributed by atoms with E-state index >= 15 is 0 Å². The van der Waals surface area contributed by atoms with Crippen molar-refractivity contribution in [1.82, 2.24) is 29.9 Å². The van der Waals surface area contributed by atoms with E-state index in [9.17, 15) is 19.7 Å². The Labute approximate surface area is 146 Å². The molecular formula is C12H15N7O5S. The first kappa shape index (κ1) is 18.4. The van der Waals surface area contributed by atoms with Gasteiger partial charge in [-0.15, -0.1) is 0 Å². The Morgan fingerprint density at radius 3 is 2.80 bits per heavy atom. The Morgan fingerprint density at radius 1 is 1.44 bits per heavy atom. The Balaban J connectivity index is 2.00. The van der Waals surface area contributed by atoms with Crippen molar-refractivity contribution >= 4 is 30.5 Å². The molecule has 0 aliphatic rings. The molecule has 0 radical (unpaired) electrons. The smallest absolute Gasteiger partial charge is 0.464 e. The molecule has 2 rings (SSSR count). The van der Waals surface area contributed by atoms with Crippen molar-refractivity contribution in [3.05, 3.63) is 34.4 Å². The van der Waals surface area contributed by atoms with E-state index in [2.05, 4.69) is 33.1 Å². The lowest BCUT2D eigenvalue weighted by Gasteiger charge is -2.14. The van der Waals surface area contributed by atoms with Crippen LogP contribution in [0.25, 0.3) is 0 Å². The number of ether oxygens (including phenoxy) is 1. The van der Waals surface area contributed by atoms with Gasteiger partial charge in [0.1, 0.15) is 11.7 Å². The minimum absolute atomic E-state index is 0.0298. The Kier molecular flexibility index (Phi) is 6.05. The predicted octanol–water partition coefficient (Wildman–Crippen LogP) is -0.520. The van der Waals surface area contributed by atoms with E-state index in [1.54, 1.807) is 6.92 Å². The number of carbonyl (C=O) groups excluding carboxylic acids is 2. The number of hydrogen-bond donors (Lipinski definition) is 2. The summed E-state index contributed by atoms with van der Waals surface area (Å²) in [4.78, 5) is 37.1. The molecule has 2 aromatic rings. The van der Waals surface area contributed by atoms with Crippen molar-refractivity contribution in [3.63, 3.8) is 0 Å². The summed E-state index contributed by atoms with van der Waals surface area (Å²) >= 11 is 4.01. The van der Waals surface area contributed by atoms with E-state index in [1.807, 2.05) is 0 Å². The molecule has 1 N–H and O–H groups in total. The molecule has 0 aromatic carbocycles. The Bertz CT molecular complexity index is 774. The van der Waals surface area contributed by atoms with E-state index in [4.69, 9.17) is 4.74 Å². The Morgan fingerprint density at radius 2 is 2.20 bits per heavy atom. The number of thiol groups is 1. The molecule has 0 saturated heterocycles. The number of nitro groups is 1. The van der Waals surface area contributed by atoms with Crippen molar-refractivity contribution < 1.29 is 19.2 Å². The monoisotopic (exact) mass is 369 g/mol. The average Bonchev–Trinajstić information content (AvgIpc) is 3.22. The van der Waals surface area contributed by atoms with Gasteiger partial charge in [-0.3, -0.25) is 4.79 Å². The molecule has 12 nitrogen and oxygen atoms in total. The van der Waals surface area contributed by atoms with Crippen molar-refractivity contribution in [3.8, 4) is 0 Å². The fourth-order valence-electron chi connectivity index (χ4n) is 1.80. The molecule has 25 heavy (non-hydrogen) atoms. The van der Waals surface area contributed by atoms with Crippen LogP contribution >= 0.6 is 12.6 Å². The summed E-state index contributed by atoms with van der Waals surface area (Å²) in [5.41, 5.74) is 0.0608. The zero-order valence-corrected chi connectivity index (χ0v) is 14.0. The van der Waals surface area contributed by atoms with Crippen LogP contribution in [-0.2, 0) is 16.2 Å². The summed E-state index contributed by atoms with van der Waals surface area (Å²) < 4.78 is 7.37. The minimum atomic E-state index is -0.890. The second-order valence-electron chi connectivity index (χ2n) is 4.68. The summed E-state index contributed by atoms with van der Waals surface area (Å²) in [5.74, 6) is -1.61. The average molecular weight is 369 g/mol. The van der Waals surface area contributed by atoms with Crippen molar-refractivity contribution in [2.24, 2.45) is 0 Å². The van der Waals surface area contributed by atoms with Crippen LogP contribution in [0, 0.1) is 10.1 Å². The lowest BCUT2D eigenvalue weighted by Crippen LogP contribution is -2.43. The topological polar surface area (TPSA) is 147 Å². The molecule has 2 aromatic heterocycles. The maximum Gasteiger partial charge on any atom is 0.491 e. The number of rotatable bonds is 8. The van der Waals surface area contributed by atoms with Crippen molar-refractivity contribution in [1.29, 1.82) is 0 Å². The van der Waals surface area contributed by atoms with Gasteiger partial charge < -0.3 is 20.2 Å². The molecular weight excluding hydrogens is 354 g/mol. The normalized spacial score (nSPS) is 11.8. The van der Waals surface area contributed by atoms with Gasteiger partial charge in [-0.2, -0.15) is 22.4 Å². The predicted molar refractivity (Wildman–Crippen MR) is 86.0 cm³/mol. The first-order valence-corrected chi connectivity index (χ1v) is 7.73. The maximum absolute atomic E-state index is 12.1. The molecule has 2 heterocycles. The van der Waals surface area contributed by atoms with E-state index < -0.39 is 28.8 Å². The van der Waals surface area contributed by atoms with Gasteiger partial charge in [-0.05, 0) is 17.9 Å². The van der Waals surface area contributed by atoms with Crippen LogP contribution in [0.4, 0.5) is 5.95 Å². The zero-order chi connectivity index (χ0) is 18.4. The highest BCUT2D eigenvalue weighted by atomic mass is 32.1. The van der Waals surface area contributed by atoms with Gasteiger partial charge >= 0.3 is 11.9 Å². The van der Waals surface area contributed by atoms with Crippen LogP contribution in [0.1, 0.15) is 17.4 Å². The summed E-state index contributed by atoms with van der Waals surface area (Å²) in [5, 5.41) is 20.7. The number of aromatic nitrogens is 5. The minimum Gasteiger partial charge on any atom is -0.464 e. The number of hydrogen-bond acceptors (Lipinski definition) is 9. The van der Waals surface area contributed by atoms with E-state index in [1.165, 1.54) is 28.0 Å². The van der Waals surface area contributed by atoms with Gasteiger partial charge in [-0.25, -0.2) is 9.48 Å². The second-order valence-corrected chi connectivity index (χ2v) is 5.05. The highest BCUT2D eigenvalue weighted by Crippen LogP contribution is 2.02. The molecule has 134 valence electrons. The van der Waals surface area contributed by atoms with Crippen LogP contribution in [0.5, 0.6) is 0 Å². The number of amides is 1. The fourth-order valence-corrected chi connectivity index (χ4v) is 2.04. The molecule has 0 bridgehead atoms. The standard InChI is InChI=1S/C12H15N7O5S/c1-2-24-11(21)9(5-25)14-10(20)8-3-4-17(15-8)7-18-6-13-12(16-18)19(22)23/h3-4,6,9,25H,2,5,7H2,1H3,(H,14,20)/t9-/m0/s1. The lowest BCUT2D eigenvalue weighted by atomic mass is 10.3. The molecule has 0 saturated carbocycles. The van der Waals surface area contributed by atoms with Gasteiger partial charge in [0, 0.05) is 17.0 Å². The molecule has 0 aliphatic carbocycles. The van der Waals surface area contributed by atoms with E-state index in [0.29, 0.717) is 0 Å². The van der Waals surface area contributed by atoms with Gasteiger partial charge in [-0.1, -0.05) is 4.98 Å². The molecule has 13 heteroatoms. The van der Waals surface area contributed by atoms with Crippen LogP contribution < -0.4 is 5.32 Å². The van der Waals surface area contributed by atoms with Crippen LogP contribution in [0.15, 0.2) is 18.6 Å². The summed E-state index contributed by atoms with van der Waals surface area (Å²) in [7, 11) is 0. The largest absolute Gasteiger partial charge is 0.491 e. The number of nitrogens with one attached hydrogen (secondary N) is 1. The summed E-state index contributed by atoms with van der Waals surface area (Å²) in [6, 6.07) is 0.542. The third kappa shape index (κ3) is 4.76. The van der Waals surface area contributed by atoms with Crippen LogP contribution in [-0.4, -0.2) is 59.7 Å². The molecule has 1 atom stereocenters. The van der Waals surface area contributed by atoms with Gasteiger partial charge in [0.25, 0.3) is 5.91 Å². The van der Waals surface area contributed by atoms with E-state index in [0.717, 1.165) is 0 Å². The molecule has 0 spiro atoms. The number of carbonyl (C=O) groups is 2. The highest BCUT2D eigenvalue weighted by Gasteiger charge is 2.22. The zero-order valence-electron chi connectivity index (χ0n) is 13.1. The quantitative estimate of drug-likeness (QED) is 0.273. The van der Waals surface area contributed by atoms with Crippen molar-refractivity contribution in [2.45, 2.75) is 19.6 Å². The molecule has 0 unspecified atom stereocenters. The van der Waals surface area contributed by atoms with Gasteiger partial charge in [0.05, 0.1) is 6.61 Å². The maximum atomic E-state index is 12.1. The number of esters is 1. The molecule has 1 amide bonds. The second kappa shape index (κ2) is 8.23. The first-order chi connectivity index (χ1) is 11.9. The SMILES string of the molecule is CCOC(=O)[C@H](CS)NC(=O)c1ccn(Cn2cnc([N+](=O)[O-])n2)n1. The van der Waals surface area contributed by atoms with Crippen LogP contribution in [0.3, 0.4) is 0 Å². The third-order valence-corrected chi connectivity index (χ3v) is 3.27. The third-order valence-electron chi connectivity index (χ3n) is 2.91. The highest BCUT2D eigenvalue weighted by molar-refractivity contribution is 7.80. The van der Waals surface area contributed by atoms with Crippen LogP contribution in [0.2, 0.25) is 0 Å². The molecule has 0 fully saturated rings. The molecule has 0 aliphatic heterocycles. The van der Waals surface area contributed by atoms with Gasteiger partial charge in [0.2, 0.25) is 6.33 Å². The van der Waals surface area contributed by atoms with E-state index in [-0.39, 0.29) is 24.7 Å². The van der Waals surface area contributed by atoms with Crippen molar-refractivity contribution in [2.75, 3.05) is 12.4 Å². The Hall–Kier alpha value is -2.96. The summed E-state index contributed by atoms with van der Waals surface area (Å²) in [6.07, 6.45) is 2.67. The summed E-state index contributed by atoms with van der Waals surface area (Å²) in [6.45, 7) is 1.88. The van der Waals surface area contributed by atoms with Gasteiger partial charge in [0.15, 0.2) is 6.67 Å². The first-order valence-electron chi connectivity index (χ1n) is 7.10.